The number of nitrogens with one attached hydrogen (secondary N) is 1. The first-order chi connectivity index (χ1) is 8.50. The van der Waals surface area contributed by atoms with E-state index in [0.717, 1.165) is 0 Å². The number of nitro groups is 1. The van der Waals surface area contributed by atoms with Gasteiger partial charge >= 0.3 is 5.69 Å². The van der Waals surface area contributed by atoms with Gasteiger partial charge in [-0.2, -0.15) is 0 Å². The zero-order chi connectivity index (χ0) is 13.3. The Labute approximate surface area is 103 Å². The van der Waals surface area contributed by atoms with Crippen LogP contribution in [0.4, 0.5) is 11.4 Å². The Morgan fingerprint density at radius 2 is 1.94 bits per heavy atom. The summed E-state index contributed by atoms with van der Waals surface area (Å²) >= 11 is 0. The van der Waals surface area contributed by atoms with Crippen molar-refractivity contribution >= 4 is 22.4 Å². The van der Waals surface area contributed by atoms with Crippen LogP contribution in [0, 0.1) is 16.0 Å². The second-order valence-corrected chi connectivity index (χ2v) is 4.53. The normalized spacial score (nSPS) is 12.9. The zero-order valence-electron chi connectivity index (χ0n) is 10.4. The SMILES string of the molecule is CC(C)C(C)Nc1ccc([N+](=O)[O-])c2nonc12. The number of rotatable bonds is 4. The van der Waals surface area contributed by atoms with Crippen LogP contribution < -0.4 is 5.32 Å². The van der Waals surface area contributed by atoms with E-state index in [9.17, 15) is 10.1 Å². The first-order valence-electron chi connectivity index (χ1n) is 5.67. The lowest BCUT2D eigenvalue weighted by molar-refractivity contribution is -0.383. The smallest absolute Gasteiger partial charge is 0.300 e. The second-order valence-electron chi connectivity index (χ2n) is 4.53. The average Bonchev–Trinajstić information content (AvgIpc) is 2.77. The van der Waals surface area contributed by atoms with Crippen molar-refractivity contribution in [3.63, 3.8) is 0 Å². The molecule has 0 amide bonds. The molecule has 7 nitrogen and oxygen atoms in total. The van der Waals surface area contributed by atoms with Gasteiger partial charge in [0.2, 0.25) is 5.52 Å². The fraction of sp³-hybridized carbons (Fsp3) is 0.455. The molecule has 0 spiro atoms. The van der Waals surface area contributed by atoms with Crippen molar-refractivity contribution in [2.45, 2.75) is 26.8 Å². The van der Waals surface area contributed by atoms with Crippen LogP contribution in [0.2, 0.25) is 0 Å². The number of fused-ring (bicyclic) bond motifs is 1. The summed E-state index contributed by atoms with van der Waals surface area (Å²) in [5, 5.41) is 21.4. The van der Waals surface area contributed by atoms with Gasteiger partial charge in [0, 0.05) is 12.1 Å². The molecular weight excluding hydrogens is 236 g/mol. The highest BCUT2D eigenvalue weighted by molar-refractivity contribution is 5.93. The van der Waals surface area contributed by atoms with Gasteiger partial charge in [0.05, 0.1) is 10.6 Å². The first kappa shape index (κ1) is 12.3. The first-order valence-corrected chi connectivity index (χ1v) is 5.67. The lowest BCUT2D eigenvalue weighted by Crippen LogP contribution is -2.21. The molecule has 0 aliphatic rings. The van der Waals surface area contributed by atoms with E-state index in [2.05, 4.69) is 34.1 Å². The molecule has 1 atom stereocenters. The molecule has 1 unspecified atom stereocenters. The molecule has 0 fully saturated rings. The van der Waals surface area contributed by atoms with Crippen LogP contribution in [-0.4, -0.2) is 21.3 Å². The molecule has 0 aliphatic carbocycles. The van der Waals surface area contributed by atoms with Crippen LogP contribution in [0.3, 0.4) is 0 Å². The zero-order valence-corrected chi connectivity index (χ0v) is 10.4. The standard InChI is InChI=1S/C11H14N4O3/c1-6(2)7(3)12-8-4-5-9(15(16)17)11-10(8)13-18-14-11/h4-7,12H,1-3H3. The highest BCUT2D eigenvalue weighted by Gasteiger charge is 2.20. The van der Waals surface area contributed by atoms with E-state index in [-0.39, 0.29) is 17.2 Å². The summed E-state index contributed by atoms with van der Waals surface area (Å²) in [6.45, 7) is 6.20. The summed E-state index contributed by atoms with van der Waals surface area (Å²) in [6.07, 6.45) is 0. The number of nitro benzene ring substituents is 1. The van der Waals surface area contributed by atoms with Gasteiger partial charge in [0.15, 0.2) is 5.52 Å². The summed E-state index contributed by atoms with van der Waals surface area (Å²) in [5.41, 5.74) is 1.14. The molecule has 0 saturated carbocycles. The van der Waals surface area contributed by atoms with Crippen LogP contribution in [-0.2, 0) is 0 Å². The van der Waals surface area contributed by atoms with Gasteiger partial charge in [0.25, 0.3) is 0 Å². The van der Waals surface area contributed by atoms with E-state index in [1.165, 1.54) is 6.07 Å². The van der Waals surface area contributed by atoms with E-state index >= 15 is 0 Å². The Morgan fingerprint density at radius 3 is 2.56 bits per heavy atom. The van der Waals surface area contributed by atoms with Gasteiger partial charge in [-0.3, -0.25) is 10.1 Å². The Kier molecular flexibility index (Phi) is 3.14. The number of hydrogen-bond donors (Lipinski definition) is 1. The Hall–Kier alpha value is -2.18. The quantitative estimate of drug-likeness (QED) is 0.662. The van der Waals surface area contributed by atoms with Crippen molar-refractivity contribution in [1.29, 1.82) is 0 Å². The summed E-state index contributed by atoms with van der Waals surface area (Å²) in [5.74, 6) is 0.426. The Balaban J connectivity index is 2.45. The molecule has 7 heteroatoms. The van der Waals surface area contributed by atoms with Gasteiger partial charge in [-0.15, -0.1) is 0 Å². The van der Waals surface area contributed by atoms with Crippen LogP contribution in [0.15, 0.2) is 16.8 Å². The summed E-state index contributed by atoms with van der Waals surface area (Å²) in [7, 11) is 0. The fourth-order valence-corrected chi connectivity index (χ4v) is 1.53. The van der Waals surface area contributed by atoms with Crippen LogP contribution >= 0.6 is 0 Å². The van der Waals surface area contributed by atoms with Gasteiger partial charge in [-0.1, -0.05) is 13.8 Å². The molecule has 2 rings (SSSR count). The maximum Gasteiger partial charge on any atom is 0.300 e. The molecule has 1 aromatic heterocycles. The molecule has 1 heterocycles. The summed E-state index contributed by atoms with van der Waals surface area (Å²) < 4.78 is 4.59. The van der Waals surface area contributed by atoms with Gasteiger partial charge in [-0.25, -0.2) is 4.63 Å². The lowest BCUT2D eigenvalue weighted by atomic mass is 10.1. The molecule has 18 heavy (non-hydrogen) atoms. The fourth-order valence-electron chi connectivity index (χ4n) is 1.53. The number of aromatic nitrogens is 2. The predicted octanol–water partition coefficient (Wildman–Crippen LogP) is 2.59. The third-order valence-corrected chi connectivity index (χ3v) is 2.97. The highest BCUT2D eigenvalue weighted by Crippen LogP contribution is 2.29. The molecule has 2 aromatic rings. The Morgan fingerprint density at radius 1 is 1.28 bits per heavy atom. The number of hydrogen-bond acceptors (Lipinski definition) is 6. The van der Waals surface area contributed by atoms with E-state index in [0.29, 0.717) is 17.1 Å². The summed E-state index contributed by atoms with van der Waals surface area (Å²) in [6, 6.07) is 3.25. The van der Waals surface area contributed by atoms with E-state index in [4.69, 9.17) is 0 Å². The maximum atomic E-state index is 10.8. The number of benzene rings is 1. The van der Waals surface area contributed by atoms with Crippen molar-refractivity contribution in [3.8, 4) is 0 Å². The molecule has 0 radical (unpaired) electrons. The molecular formula is C11H14N4O3. The van der Waals surface area contributed by atoms with E-state index < -0.39 is 4.92 Å². The maximum absolute atomic E-state index is 10.8. The molecule has 0 saturated heterocycles. The minimum atomic E-state index is -0.498. The molecule has 96 valence electrons. The van der Waals surface area contributed by atoms with Crippen LogP contribution in [0.25, 0.3) is 11.0 Å². The number of nitrogens with zero attached hydrogens (tertiary/aromatic N) is 3. The van der Waals surface area contributed by atoms with Gasteiger partial charge in [-0.05, 0) is 29.2 Å². The van der Waals surface area contributed by atoms with Crippen molar-refractivity contribution in [2.24, 2.45) is 5.92 Å². The topological polar surface area (TPSA) is 94.1 Å². The summed E-state index contributed by atoms with van der Waals surface area (Å²) in [4.78, 5) is 10.3. The molecule has 0 bridgehead atoms. The third-order valence-electron chi connectivity index (χ3n) is 2.97. The van der Waals surface area contributed by atoms with Gasteiger partial charge in [0.1, 0.15) is 0 Å². The van der Waals surface area contributed by atoms with Crippen LogP contribution in [0.1, 0.15) is 20.8 Å². The number of anilines is 1. The number of non-ortho nitro benzene ring substituents is 1. The minimum absolute atomic E-state index is 0.103. The highest BCUT2D eigenvalue weighted by atomic mass is 16.6. The molecule has 1 N–H and O–H groups in total. The Bertz CT molecular complexity index is 579. The largest absolute Gasteiger partial charge is 0.380 e. The average molecular weight is 250 g/mol. The van der Waals surface area contributed by atoms with Crippen LogP contribution in [0.5, 0.6) is 0 Å². The monoisotopic (exact) mass is 250 g/mol. The van der Waals surface area contributed by atoms with E-state index in [1.54, 1.807) is 6.07 Å². The van der Waals surface area contributed by atoms with Gasteiger partial charge < -0.3 is 5.32 Å². The van der Waals surface area contributed by atoms with Crippen molar-refractivity contribution in [2.75, 3.05) is 5.32 Å². The van der Waals surface area contributed by atoms with E-state index in [1.807, 2.05) is 6.92 Å². The molecule has 1 aromatic carbocycles. The lowest BCUT2D eigenvalue weighted by Gasteiger charge is -2.18. The van der Waals surface area contributed by atoms with Crippen molar-refractivity contribution in [3.05, 3.63) is 22.2 Å². The second kappa shape index (κ2) is 4.59. The molecule has 0 aliphatic heterocycles. The predicted molar refractivity (Wildman–Crippen MR) is 66.4 cm³/mol. The van der Waals surface area contributed by atoms with Crippen molar-refractivity contribution in [1.82, 2.24) is 10.3 Å². The van der Waals surface area contributed by atoms with Crippen molar-refractivity contribution < 1.29 is 9.55 Å². The minimum Gasteiger partial charge on any atom is -0.380 e. The third kappa shape index (κ3) is 2.11.